The number of nitrogens with one attached hydrogen (secondary N) is 3. The molecule has 0 aromatic carbocycles. The Morgan fingerprint density at radius 3 is 2.93 bits per heavy atom. The molecule has 3 heterocycles. The molecule has 10 heteroatoms. The number of pyridine rings is 2. The third-order valence-electron chi connectivity index (χ3n) is 3.90. The molecule has 0 saturated heterocycles. The third kappa shape index (κ3) is 3.90. The highest BCUT2D eigenvalue weighted by Crippen LogP contribution is 2.27. The first-order valence-corrected chi connectivity index (χ1v) is 8.22. The molecule has 0 saturated carbocycles. The van der Waals surface area contributed by atoms with Crippen LogP contribution in [0, 0.1) is 0 Å². The molecule has 0 aliphatic heterocycles. The van der Waals surface area contributed by atoms with Crippen LogP contribution in [0.2, 0.25) is 0 Å². The monoisotopic (exact) mass is 371 g/mol. The maximum Gasteiger partial charge on any atom is 0.320 e. The summed E-state index contributed by atoms with van der Waals surface area (Å²) in [5.41, 5.74) is 1.84. The van der Waals surface area contributed by atoms with Gasteiger partial charge in [-0.3, -0.25) is 10.4 Å². The molecule has 0 spiro atoms. The van der Waals surface area contributed by atoms with Crippen LogP contribution in [0.3, 0.4) is 0 Å². The number of amides is 2. The lowest BCUT2D eigenvalue weighted by Crippen LogP contribution is -2.29. The van der Waals surface area contributed by atoms with Gasteiger partial charge in [0.25, 0.3) is 0 Å². The number of H-pyrrole nitrogens is 1. The molecule has 0 atom stereocenters. The Kier molecular flexibility index (Phi) is 5.36. The second-order valence-electron chi connectivity index (χ2n) is 5.96. The zero-order valence-electron chi connectivity index (χ0n) is 15.3. The summed E-state index contributed by atoms with van der Waals surface area (Å²) in [7, 11) is 5.26. The molecule has 3 aromatic rings. The van der Waals surface area contributed by atoms with E-state index in [1.807, 2.05) is 31.1 Å². The standard InChI is InChI=1S/C17H21N7O3/c1-24(2)15-10(5-4-6-18-15)8-19-17(26)21-13-7-11-14(12(9-25)20-13)16(27-3)23-22-11/h4-7,25H,8-9H2,1-3H3,(H,22,23)(H2,19,20,21,26). The van der Waals surface area contributed by atoms with Crippen molar-refractivity contribution in [2.45, 2.75) is 13.2 Å². The van der Waals surface area contributed by atoms with Crippen molar-refractivity contribution in [1.29, 1.82) is 0 Å². The molecule has 0 radical (unpaired) electrons. The van der Waals surface area contributed by atoms with E-state index in [-0.39, 0.29) is 12.4 Å². The number of urea groups is 1. The Morgan fingerprint density at radius 2 is 2.22 bits per heavy atom. The molecule has 4 N–H and O–H groups in total. The number of hydrogen-bond acceptors (Lipinski definition) is 7. The normalized spacial score (nSPS) is 10.7. The number of carbonyl (C=O) groups is 1. The summed E-state index contributed by atoms with van der Waals surface area (Å²) in [6.07, 6.45) is 1.70. The molecule has 3 aromatic heterocycles. The fourth-order valence-electron chi connectivity index (χ4n) is 2.72. The Hall–Kier alpha value is -3.40. The number of anilines is 2. The van der Waals surface area contributed by atoms with Crippen LogP contribution in [-0.4, -0.2) is 52.5 Å². The minimum atomic E-state index is -0.425. The topological polar surface area (TPSA) is 128 Å². The van der Waals surface area contributed by atoms with Gasteiger partial charge >= 0.3 is 6.03 Å². The van der Waals surface area contributed by atoms with Crippen LogP contribution in [0.25, 0.3) is 10.9 Å². The van der Waals surface area contributed by atoms with Gasteiger partial charge in [-0.1, -0.05) is 6.07 Å². The number of ether oxygens (including phenoxy) is 1. The Balaban J connectivity index is 1.73. The van der Waals surface area contributed by atoms with E-state index in [1.165, 1.54) is 7.11 Å². The van der Waals surface area contributed by atoms with Crippen molar-refractivity contribution in [3.8, 4) is 5.88 Å². The Bertz CT molecular complexity index is 955. The van der Waals surface area contributed by atoms with Gasteiger partial charge in [-0.25, -0.2) is 14.8 Å². The Labute approximate surface area is 155 Å². The van der Waals surface area contributed by atoms with E-state index in [0.717, 1.165) is 11.4 Å². The van der Waals surface area contributed by atoms with Crippen molar-refractivity contribution in [3.05, 3.63) is 35.7 Å². The van der Waals surface area contributed by atoms with E-state index in [1.54, 1.807) is 12.3 Å². The average molecular weight is 371 g/mol. The van der Waals surface area contributed by atoms with Crippen molar-refractivity contribution in [2.75, 3.05) is 31.4 Å². The number of carbonyl (C=O) groups excluding carboxylic acids is 1. The second-order valence-corrected chi connectivity index (χ2v) is 5.96. The summed E-state index contributed by atoms with van der Waals surface area (Å²) in [6, 6.07) is 4.91. The van der Waals surface area contributed by atoms with Crippen LogP contribution in [0.1, 0.15) is 11.3 Å². The van der Waals surface area contributed by atoms with E-state index in [4.69, 9.17) is 4.74 Å². The van der Waals surface area contributed by atoms with Gasteiger partial charge in [-0.2, -0.15) is 0 Å². The fourth-order valence-corrected chi connectivity index (χ4v) is 2.72. The average Bonchev–Trinajstić information content (AvgIpc) is 3.09. The van der Waals surface area contributed by atoms with Crippen LogP contribution < -0.4 is 20.3 Å². The molecular weight excluding hydrogens is 350 g/mol. The maximum absolute atomic E-state index is 12.3. The lowest BCUT2D eigenvalue weighted by atomic mass is 10.2. The molecular formula is C17H21N7O3. The SMILES string of the molecule is COc1n[nH]c2cc(NC(=O)NCc3cccnc3N(C)C)nc(CO)c12. The van der Waals surface area contributed by atoms with Gasteiger partial charge in [0.2, 0.25) is 5.88 Å². The molecule has 10 nitrogen and oxygen atoms in total. The number of hydrogen-bond donors (Lipinski definition) is 4. The van der Waals surface area contributed by atoms with Crippen molar-refractivity contribution in [1.82, 2.24) is 25.5 Å². The van der Waals surface area contributed by atoms with Gasteiger partial charge in [0.05, 0.1) is 30.3 Å². The first-order chi connectivity index (χ1) is 13.0. The zero-order valence-corrected chi connectivity index (χ0v) is 15.3. The smallest absolute Gasteiger partial charge is 0.320 e. The molecule has 142 valence electrons. The van der Waals surface area contributed by atoms with E-state index >= 15 is 0 Å². The molecule has 0 fully saturated rings. The first-order valence-electron chi connectivity index (χ1n) is 8.22. The van der Waals surface area contributed by atoms with E-state index in [9.17, 15) is 9.90 Å². The quantitative estimate of drug-likeness (QED) is 0.513. The predicted molar refractivity (Wildman–Crippen MR) is 101 cm³/mol. The van der Waals surface area contributed by atoms with Crippen LogP contribution in [-0.2, 0) is 13.2 Å². The molecule has 27 heavy (non-hydrogen) atoms. The van der Waals surface area contributed by atoms with E-state index in [2.05, 4.69) is 30.8 Å². The zero-order chi connectivity index (χ0) is 19.4. The van der Waals surface area contributed by atoms with Crippen LogP contribution in [0.5, 0.6) is 5.88 Å². The molecule has 0 bridgehead atoms. The third-order valence-corrected chi connectivity index (χ3v) is 3.90. The summed E-state index contributed by atoms with van der Waals surface area (Å²) in [6.45, 7) is -0.00835. The van der Waals surface area contributed by atoms with Crippen molar-refractivity contribution in [2.24, 2.45) is 0 Å². The van der Waals surface area contributed by atoms with Crippen molar-refractivity contribution < 1.29 is 14.6 Å². The summed E-state index contributed by atoms with van der Waals surface area (Å²) in [4.78, 5) is 22.7. The number of aromatic amines is 1. The van der Waals surface area contributed by atoms with Crippen LogP contribution >= 0.6 is 0 Å². The largest absolute Gasteiger partial charge is 0.479 e. The van der Waals surface area contributed by atoms with Crippen LogP contribution in [0.15, 0.2) is 24.4 Å². The highest BCUT2D eigenvalue weighted by molar-refractivity contribution is 5.93. The van der Waals surface area contributed by atoms with Gasteiger partial charge in [0.15, 0.2) is 0 Å². The Morgan fingerprint density at radius 1 is 1.41 bits per heavy atom. The van der Waals surface area contributed by atoms with Gasteiger partial charge in [-0.15, -0.1) is 5.10 Å². The number of aromatic nitrogens is 4. The number of methoxy groups -OCH3 is 1. The molecule has 0 aliphatic carbocycles. The van der Waals surface area contributed by atoms with Crippen molar-refractivity contribution >= 4 is 28.6 Å². The van der Waals surface area contributed by atoms with E-state index < -0.39 is 6.03 Å². The lowest BCUT2D eigenvalue weighted by Gasteiger charge is -2.16. The second kappa shape index (κ2) is 7.87. The van der Waals surface area contributed by atoms with Gasteiger partial charge in [-0.05, 0) is 6.07 Å². The summed E-state index contributed by atoms with van der Waals surface area (Å²) in [5.74, 6) is 1.41. The number of nitrogens with zero attached hydrogens (tertiary/aromatic N) is 4. The van der Waals surface area contributed by atoms with Crippen LogP contribution in [0.4, 0.5) is 16.4 Å². The van der Waals surface area contributed by atoms with E-state index in [0.29, 0.717) is 29.0 Å². The first kappa shape index (κ1) is 18.4. The lowest BCUT2D eigenvalue weighted by molar-refractivity contribution is 0.251. The molecule has 0 unspecified atom stereocenters. The summed E-state index contributed by atoms with van der Waals surface area (Å²) >= 11 is 0. The highest BCUT2D eigenvalue weighted by atomic mass is 16.5. The molecule has 2 amide bonds. The number of aliphatic hydroxyl groups is 1. The summed E-state index contributed by atoms with van der Waals surface area (Å²) in [5, 5.41) is 22.4. The molecule has 0 aliphatic rings. The van der Waals surface area contributed by atoms with Gasteiger partial charge in [0, 0.05) is 38.5 Å². The molecule has 3 rings (SSSR count). The maximum atomic E-state index is 12.3. The summed E-state index contributed by atoms with van der Waals surface area (Å²) < 4.78 is 5.15. The number of rotatable bonds is 6. The van der Waals surface area contributed by atoms with Crippen molar-refractivity contribution in [3.63, 3.8) is 0 Å². The van der Waals surface area contributed by atoms with Gasteiger partial charge in [0.1, 0.15) is 11.6 Å². The number of aliphatic hydroxyl groups excluding tert-OH is 1. The fraction of sp³-hybridized carbons (Fsp3) is 0.294. The number of fused-ring (bicyclic) bond motifs is 1. The predicted octanol–water partition coefficient (Wildman–Crippen LogP) is 1.24. The highest BCUT2D eigenvalue weighted by Gasteiger charge is 2.15. The minimum Gasteiger partial charge on any atom is -0.479 e. The van der Waals surface area contributed by atoms with Gasteiger partial charge < -0.3 is 20.1 Å². The minimum absolute atomic E-state index is 0.286.